The quantitative estimate of drug-likeness (QED) is 0.773. The number of urea groups is 1. The van der Waals surface area contributed by atoms with Gasteiger partial charge in [-0.1, -0.05) is 18.2 Å². The highest BCUT2D eigenvalue weighted by molar-refractivity contribution is 5.89. The summed E-state index contributed by atoms with van der Waals surface area (Å²) in [5.74, 6) is 0.00374. The third-order valence-electron chi connectivity index (χ3n) is 4.86. The molecule has 1 saturated heterocycles. The van der Waals surface area contributed by atoms with E-state index in [1.165, 1.54) is 0 Å². The number of piperidine rings is 1. The van der Waals surface area contributed by atoms with Gasteiger partial charge in [0.15, 0.2) is 0 Å². The number of hydrogen-bond donors (Lipinski definition) is 3. The van der Waals surface area contributed by atoms with Crippen LogP contribution < -0.4 is 10.6 Å². The van der Waals surface area contributed by atoms with Gasteiger partial charge < -0.3 is 20.5 Å². The van der Waals surface area contributed by atoms with E-state index in [2.05, 4.69) is 15.6 Å². The molecule has 2 aromatic rings. The first kappa shape index (κ1) is 19.3. The zero-order chi connectivity index (χ0) is 19.4. The standard InChI is InChI=1S/C21H30N4O2/c1-21(2,3)24-20(27)23-18(19(26)25-11-7-4-8-12-25)13-15-14-22-17-10-6-5-9-16(15)17/h5-6,9-10,14,18,22H,4,7-8,11-13H2,1-3H3,(H2,23,24,27). The third kappa shape index (κ3) is 5.02. The summed E-state index contributed by atoms with van der Waals surface area (Å²) in [5, 5.41) is 6.90. The van der Waals surface area contributed by atoms with Crippen molar-refractivity contribution in [3.05, 3.63) is 36.0 Å². The van der Waals surface area contributed by atoms with E-state index in [-0.39, 0.29) is 17.5 Å². The first-order valence-corrected chi connectivity index (χ1v) is 9.76. The first-order chi connectivity index (χ1) is 12.8. The molecule has 2 heterocycles. The van der Waals surface area contributed by atoms with Crippen molar-refractivity contribution in [1.29, 1.82) is 0 Å². The number of nitrogens with one attached hydrogen (secondary N) is 3. The number of benzene rings is 1. The fourth-order valence-electron chi connectivity index (χ4n) is 3.59. The van der Waals surface area contributed by atoms with Gasteiger partial charge in [0.25, 0.3) is 0 Å². The predicted octanol–water partition coefficient (Wildman–Crippen LogP) is 3.19. The zero-order valence-corrected chi connectivity index (χ0v) is 16.5. The van der Waals surface area contributed by atoms with Gasteiger partial charge in [-0.05, 0) is 51.7 Å². The number of carbonyl (C=O) groups is 2. The monoisotopic (exact) mass is 370 g/mol. The fourth-order valence-corrected chi connectivity index (χ4v) is 3.59. The lowest BCUT2D eigenvalue weighted by atomic mass is 10.0. The van der Waals surface area contributed by atoms with Gasteiger partial charge in [0.2, 0.25) is 5.91 Å². The Bertz CT molecular complexity index is 800. The van der Waals surface area contributed by atoms with Crippen LogP contribution in [0.4, 0.5) is 4.79 Å². The van der Waals surface area contributed by atoms with Crippen LogP contribution in [-0.4, -0.2) is 46.5 Å². The van der Waals surface area contributed by atoms with Crippen molar-refractivity contribution in [3.8, 4) is 0 Å². The highest BCUT2D eigenvalue weighted by atomic mass is 16.2. The minimum Gasteiger partial charge on any atom is -0.361 e. The lowest BCUT2D eigenvalue weighted by molar-refractivity contribution is -0.134. The number of amides is 3. The molecule has 0 bridgehead atoms. The van der Waals surface area contributed by atoms with E-state index >= 15 is 0 Å². The molecule has 3 rings (SSSR count). The first-order valence-electron chi connectivity index (χ1n) is 9.76. The molecule has 1 aromatic heterocycles. The van der Waals surface area contributed by atoms with Crippen LogP contribution in [0.2, 0.25) is 0 Å². The van der Waals surface area contributed by atoms with Crippen molar-refractivity contribution in [3.63, 3.8) is 0 Å². The lowest BCUT2D eigenvalue weighted by Crippen LogP contribution is -2.55. The molecule has 3 N–H and O–H groups in total. The van der Waals surface area contributed by atoms with Crippen LogP contribution in [0.25, 0.3) is 10.9 Å². The Labute approximate surface area is 160 Å². The maximum Gasteiger partial charge on any atom is 0.315 e. The Hall–Kier alpha value is -2.50. The van der Waals surface area contributed by atoms with Crippen LogP contribution in [0.3, 0.4) is 0 Å². The summed E-state index contributed by atoms with van der Waals surface area (Å²) in [5.41, 5.74) is 1.72. The number of likely N-dealkylation sites (tertiary alicyclic amines) is 1. The van der Waals surface area contributed by atoms with Crippen molar-refractivity contribution in [2.24, 2.45) is 0 Å². The molecule has 0 radical (unpaired) electrons. The van der Waals surface area contributed by atoms with Gasteiger partial charge in [-0.25, -0.2) is 4.79 Å². The second-order valence-electron chi connectivity index (χ2n) is 8.35. The average Bonchev–Trinajstić information content (AvgIpc) is 3.03. The van der Waals surface area contributed by atoms with Crippen LogP contribution >= 0.6 is 0 Å². The maximum absolute atomic E-state index is 13.1. The summed E-state index contributed by atoms with van der Waals surface area (Å²) >= 11 is 0. The zero-order valence-electron chi connectivity index (χ0n) is 16.5. The molecule has 1 aliphatic rings. The van der Waals surface area contributed by atoms with Crippen molar-refractivity contribution in [2.75, 3.05) is 13.1 Å². The van der Waals surface area contributed by atoms with E-state index in [0.29, 0.717) is 6.42 Å². The van der Waals surface area contributed by atoms with Crippen LogP contribution in [0.1, 0.15) is 45.6 Å². The number of aromatic amines is 1. The van der Waals surface area contributed by atoms with Gasteiger partial charge in [-0.3, -0.25) is 4.79 Å². The molecular weight excluding hydrogens is 340 g/mol. The van der Waals surface area contributed by atoms with Crippen LogP contribution in [-0.2, 0) is 11.2 Å². The van der Waals surface area contributed by atoms with Crippen LogP contribution in [0, 0.1) is 0 Å². The lowest BCUT2D eigenvalue weighted by Gasteiger charge is -2.31. The third-order valence-corrected chi connectivity index (χ3v) is 4.86. The van der Waals surface area contributed by atoms with E-state index in [1.807, 2.05) is 56.1 Å². The molecule has 6 nitrogen and oxygen atoms in total. The molecule has 6 heteroatoms. The largest absolute Gasteiger partial charge is 0.361 e. The molecule has 27 heavy (non-hydrogen) atoms. The number of rotatable bonds is 4. The number of H-pyrrole nitrogens is 1. The van der Waals surface area contributed by atoms with Gasteiger partial charge in [-0.2, -0.15) is 0 Å². The van der Waals surface area contributed by atoms with Crippen molar-refractivity contribution in [1.82, 2.24) is 20.5 Å². The van der Waals surface area contributed by atoms with Crippen molar-refractivity contribution in [2.45, 2.75) is 58.0 Å². The van der Waals surface area contributed by atoms with Gasteiger partial charge in [0, 0.05) is 42.1 Å². The minimum absolute atomic E-state index is 0.00374. The Morgan fingerprint density at radius 3 is 2.56 bits per heavy atom. The maximum atomic E-state index is 13.1. The number of aromatic nitrogens is 1. The Morgan fingerprint density at radius 1 is 1.15 bits per heavy atom. The highest BCUT2D eigenvalue weighted by Gasteiger charge is 2.28. The van der Waals surface area contributed by atoms with Gasteiger partial charge in [0.1, 0.15) is 6.04 Å². The average molecular weight is 370 g/mol. The SMILES string of the molecule is CC(C)(C)NC(=O)NC(Cc1c[nH]c2ccccc12)C(=O)N1CCCCC1. The number of nitrogens with zero attached hydrogens (tertiary/aromatic N) is 1. The Kier molecular flexibility index (Phi) is 5.73. The Morgan fingerprint density at radius 2 is 1.85 bits per heavy atom. The summed E-state index contributed by atoms with van der Waals surface area (Å²) in [6, 6.07) is 7.13. The van der Waals surface area contributed by atoms with Gasteiger partial charge in [0.05, 0.1) is 0 Å². The molecule has 1 unspecified atom stereocenters. The van der Waals surface area contributed by atoms with E-state index in [0.717, 1.165) is 48.8 Å². The van der Waals surface area contributed by atoms with Crippen LogP contribution in [0.15, 0.2) is 30.5 Å². The molecule has 1 fully saturated rings. The molecule has 146 valence electrons. The fraction of sp³-hybridized carbons (Fsp3) is 0.524. The molecular formula is C21H30N4O2. The molecule has 3 amide bonds. The van der Waals surface area contributed by atoms with Crippen LogP contribution in [0.5, 0.6) is 0 Å². The normalized spacial score (nSPS) is 16.2. The predicted molar refractivity (Wildman–Crippen MR) is 108 cm³/mol. The summed E-state index contributed by atoms with van der Waals surface area (Å²) in [7, 11) is 0. The topological polar surface area (TPSA) is 77.2 Å². The highest BCUT2D eigenvalue weighted by Crippen LogP contribution is 2.20. The number of carbonyl (C=O) groups excluding carboxylic acids is 2. The molecule has 1 aromatic carbocycles. The van der Waals surface area contributed by atoms with E-state index < -0.39 is 6.04 Å². The van der Waals surface area contributed by atoms with E-state index in [9.17, 15) is 9.59 Å². The number of para-hydroxylation sites is 1. The summed E-state index contributed by atoms with van der Waals surface area (Å²) in [6.07, 6.45) is 5.62. The number of fused-ring (bicyclic) bond motifs is 1. The summed E-state index contributed by atoms with van der Waals surface area (Å²) < 4.78 is 0. The number of hydrogen-bond acceptors (Lipinski definition) is 2. The van der Waals surface area contributed by atoms with E-state index in [1.54, 1.807) is 0 Å². The molecule has 0 spiro atoms. The molecule has 1 aliphatic heterocycles. The second kappa shape index (κ2) is 8.03. The van der Waals surface area contributed by atoms with Crippen molar-refractivity contribution >= 4 is 22.8 Å². The van der Waals surface area contributed by atoms with E-state index in [4.69, 9.17) is 0 Å². The molecule has 0 aliphatic carbocycles. The minimum atomic E-state index is -0.579. The smallest absolute Gasteiger partial charge is 0.315 e. The second-order valence-corrected chi connectivity index (χ2v) is 8.35. The summed E-state index contributed by atoms with van der Waals surface area (Å²) in [4.78, 5) is 30.7. The van der Waals surface area contributed by atoms with Crippen molar-refractivity contribution < 1.29 is 9.59 Å². The molecule has 1 atom stereocenters. The Balaban J connectivity index is 1.80. The van der Waals surface area contributed by atoms with Gasteiger partial charge in [-0.15, -0.1) is 0 Å². The van der Waals surface area contributed by atoms with Gasteiger partial charge >= 0.3 is 6.03 Å². The summed E-state index contributed by atoms with van der Waals surface area (Å²) in [6.45, 7) is 7.31. The molecule has 0 saturated carbocycles.